The van der Waals surface area contributed by atoms with E-state index >= 15 is 0 Å². The van der Waals surface area contributed by atoms with E-state index in [4.69, 9.17) is 9.47 Å². The van der Waals surface area contributed by atoms with Gasteiger partial charge in [-0.15, -0.1) is 0 Å². The largest absolute Gasteiger partial charge is 0.468 e. The van der Waals surface area contributed by atoms with Gasteiger partial charge in [0.15, 0.2) is 11.6 Å². The summed E-state index contributed by atoms with van der Waals surface area (Å²) in [4.78, 5) is 56.7. The van der Waals surface area contributed by atoms with Gasteiger partial charge in [0.1, 0.15) is 11.6 Å². The van der Waals surface area contributed by atoms with Crippen LogP contribution in [0.1, 0.15) is 24.4 Å². The second-order valence-corrected chi connectivity index (χ2v) is 10.0. The Balaban J connectivity index is 1.40. The number of imide groups is 1. The number of urea groups is 2. The molecule has 13 nitrogen and oxygen atoms in total. The predicted octanol–water partition coefficient (Wildman–Crippen LogP) is 3.19. The van der Waals surface area contributed by atoms with Crippen molar-refractivity contribution in [3.05, 3.63) is 69.8 Å². The van der Waals surface area contributed by atoms with Crippen molar-refractivity contribution in [2.45, 2.75) is 24.9 Å². The number of anilines is 1. The normalized spacial score (nSPS) is 19.2. The second-order valence-electron chi connectivity index (χ2n) is 10.0. The van der Waals surface area contributed by atoms with E-state index in [1.165, 1.54) is 19.2 Å². The summed E-state index contributed by atoms with van der Waals surface area (Å²) in [5, 5.41) is 17.3. The molecule has 2 unspecified atom stereocenters. The van der Waals surface area contributed by atoms with Gasteiger partial charge in [-0.05, 0) is 36.6 Å². The molecule has 2 heterocycles. The van der Waals surface area contributed by atoms with Crippen LogP contribution in [0.5, 0.6) is 0 Å². The van der Waals surface area contributed by atoms with Crippen LogP contribution < -0.4 is 15.5 Å². The van der Waals surface area contributed by atoms with Gasteiger partial charge in [0.2, 0.25) is 0 Å². The Bertz CT molecular complexity index is 1400. The third-order valence-electron chi connectivity index (χ3n) is 7.40. The molecule has 230 valence electrons. The van der Waals surface area contributed by atoms with Crippen LogP contribution in [0.25, 0.3) is 0 Å². The lowest BCUT2D eigenvalue weighted by Crippen LogP contribution is -2.54. The van der Waals surface area contributed by atoms with E-state index in [1.54, 1.807) is 18.2 Å². The third kappa shape index (κ3) is 7.11. The number of methoxy groups -OCH3 is 2. The summed E-state index contributed by atoms with van der Waals surface area (Å²) in [6.45, 7) is 1.39. The SMILES string of the molecule is COCC1=NC(=O)N(C(=O)NCCNC2CCN(c3ccccc3[N+](=O)[O-])CC2)C(c2ccc(F)c(F)c2)C1C(=O)OC. The number of para-hydroxylation sites is 2. The number of esters is 1. The lowest BCUT2D eigenvalue weighted by Gasteiger charge is -2.37. The fourth-order valence-electron chi connectivity index (χ4n) is 5.35. The summed E-state index contributed by atoms with van der Waals surface area (Å²) in [6.07, 6.45) is 1.42. The molecule has 2 N–H and O–H groups in total. The average molecular weight is 603 g/mol. The van der Waals surface area contributed by atoms with Crippen molar-refractivity contribution in [2.24, 2.45) is 10.9 Å². The number of rotatable bonds is 10. The third-order valence-corrected chi connectivity index (χ3v) is 7.40. The fraction of sp³-hybridized carbons (Fsp3) is 0.429. The van der Waals surface area contributed by atoms with Gasteiger partial charge in [0.05, 0.1) is 30.4 Å². The van der Waals surface area contributed by atoms with Gasteiger partial charge < -0.3 is 25.0 Å². The number of carbonyl (C=O) groups is 3. The Morgan fingerprint density at radius 3 is 2.47 bits per heavy atom. The van der Waals surface area contributed by atoms with Gasteiger partial charge in [-0.25, -0.2) is 23.3 Å². The number of hydrogen-bond acceptors (Lipinski definition) is 9. The number of nitrogens with one attached hydrogen (secondary N) is 2. The number of nitro groups is 1. The van der Waals surface area contributed by atoms with Crippen molar-refractivity contribution in [2.75, 3.05) is 51.9 Å². The number of amides is 4. The summed E-state index contributed by atoms with van der Waals surface area (Å²) in [6, 6.07) is 6.25. The van der Waals surface area contributed by atoms with E-state index in [2.05, 4.69) is 15.6 Å². The molecule has 0 aliphatic carbocycles. The molecule has 0 saturated carbocycles. The van der Waals surface area contributed by atoms with Crippen LogP contribution >= 0.6 is 0 Å². The van der Waals surface area contributed by atoms with Crippen LogP contribution in [0.3, 0.4) is 0 Å². The highest BCUT2D eigenvalue weighted by Crippen LogP contribution is 2.36. The van der Waals surface area contributed by atoms with Crippen molar-refractivity contribution in [1.82, 2.24) is 15.5 Å². The quantitative estimate of drug-likeness (QED) is 0.180. The minimum Gasteiger partial charge on any atom is -0.468 e. The van der Waals surface area contributed by atoms with Gasteiger partial charge in [0.25, 0.3) is 5.69 Å². The van der Waals surface area contributed by atoms with Crippen LogP contribution in [0, 0.1) is 27.7 Å². The number of ether oxygens (including phenoxy) is 2. The predicted molar refractivity (Wildman–Crippen MR) is 151 cm³/mol. The molecule has 2 aromatic carbocycles. The number of nitrogens with zero attached hydrogens (tertiary/aromatic N) is 4. The first-order valence-corrected chi connectivity index (χ1v) is 13.6. The van der Waals surface area contributed by atoms with Crippen molar-refractivity contribution in [1.29, 1.82) is 0 Å². The van der Waals surface area contributed by atoms with Crippen LogP contribution in [0.2, 0.25) is 0 Å². The minimum atomic E-state index is -1.38. The summed E-state index contributed by atoms with van der Waals surface area (Å²) < 4.78 is 37.9. The number of halogens is 2. The summed E-state index contributed by atoms with van der Waals surface area (Å²) in [5.74, 6) is -4.52. The van der Waals surface area contributed by atoms with Crippen LogP contribution in [0.15, 0.2) is 47.5 Å². The molecule has 43 heavy (non-hydrogen) atoms. The van der Waals surface area contributed by atoms with Gasteiger partial charge in [-0.2, -0.15) is 4.99 Å². The molecule has 0 spiro atoms. The first-order chi connectivity index (χ1) is 20.7. The molecular formula is C28H32F2N6O7. The fourth-order valence-corrected chi connectivity index (χ4v) is 5.35. The molecule has 0 aromatic heterocycles. The molecule has 2 atom stereocenters. The maximum Gasteiger partial charge on any atom is 0.352 e. The topological polar surface area (TPSA) is 156 Å². The highest BCUT2D eigenvalue weighted by molar-refractivity contribution is 6.12. The monoisotopic (exact) mass is 602 g/mol. The Morgan fingerprint density at radius 2 is 1.81 bits per heavy atom. The minimum absolute atomic E-state index is 0.00941. The standard InChI is InChI=1S/C28H32F2N6O7/c1-42-16-21-24(26(37)43-2)25(17-7-8-19(29)20(30)15-17)35(28(39)33-21)27(38)32-12-11-31-18-9-13-34(14-10-18)22-5-3-4-6-23(22)36(40)41/h3-8,15,18,24-25,31H,9-14,16H2,1-2H3,(H,32,38). The van der Waals surface area contributed by atoms with Crippen molar-refractivity contribution in [3.63, 3.8) is 0 Å². The zero-order valence-corrected chi connectivity index (χ0v) is 23.6. The number of carbonyl (C=O) groups excluding carboxylic acids is 3. The highest BCUT2D eigenvalue weighted by atomic mass is 19.2. The van der Waals surface area contributed by atoms with E-state index in [1.807, 2.05) is 4.90 Å². The zero-order valence-electron chi connectivity index (χ0n) is 23.6. The van der Waals surface area contributed by atoms with Crippen LogP contribution in [-0.4, -0.2) is 86.6 Å². The Labute approximate surface area is 246 Å². The van der Waals surface area contributed by atoms with Crippen LogP contribution in [-0.2, 0) is 14.3 Å². The number of aliphatic imine (C=N–C) groups is 1. The van der Waals surface area contributed by atoms with Gasteiger partial charge in [-0.1, -0.05) is 18.2 Å². The Hall–Kier alpha value is -4.50. The number of piperidine rings is 1. The maximum absolute atomic E-state index is 14.2. The first kappa shape index (κ1) is 31.4. The molecule has 2 aromatic rings. The van der Waals surface area contributed by atoms with Crippen molar-refractivity contribution < 1.29 is 37.6 Å². The number of nitro benzene ring substituents is 1. The molecule has 2 aliphatic heterocycles. The molecule has 0 radical (unpaired) electrons. The maximum atomic E-state index is 14.2. The zero-order chi connectivity index (χ0) is 31.1. The lowest BCUT2D eigenvalue weighted by atomic mass is 9.86. The number of hydrogen-bond donors (Lipinski definition) is 2. The van der Waals surface area contributed by atoms with E-state index in [9.17, 15) is 33.3 Å². The summed E-state index contributed by atoms with van der Waals surface area (Å²) in [7, 11) is 2.45. The van der Waals surface area contributed by atoms with Gasteiger partial charge in [-0.3, -0.25) is 14.9 Å². The molecule has 1 saturated heterocycles. The van der Waals surface area contributed by atoms with Crippen molar-refractivity contribution >= 4 is 35.1 Å². The molecule has 15 heteroatoms. The van der Waals surface area contributed by atoms with E-state index in [-0.39, 0.29) is 36.2 Å². The molecular weight excluding hydrogens is 570 g/mol. The van der Waals surface area contributed by atoms with E-state index in [0.717, 1.165) is 19.2 Å². The second kappa shape index (κ2) is 14.1. The molecule has 2 aliphatic rings. The smallest absolute Gasteiger partial charge is 0.352 e. The molecule has 1 fully saturated rings. The van der Waals surface area contributed by atoms with E-state index in [0.29, 0.717) is 43.1 Å². The Kier molecular flexibility index (Phi) is 10.3. The van der Waals surface area contributed by atoms with Gasteiger partial charge in [0, 0.05) is 45.4 Å². The molecule has 4 rings (SSSR count). The highest BCUT2D eigenvalue weighted by Gasteiger charge is 2.47. The summed E-state index contributed by atoms with van der Waals surface area (Å²) in [5.41, 5.74) is 0.595. The molecule has 0 bridgehead atoms. The Morgan fingerprint density at radius 1 is 1.09 bits per heavy atom. The summed E-state index contributed by atoms with van der Waals surface area (Å²) >= 11 is 0. The molecule has 4 amide bonds. The first-order valence-electron chi connectivity index (χ1n) is 13.6. The van der Waals surface area contributed by atoms with E-state index < -0.39 is 46.5 Å². The van der Waals surface area contributed by atoms with Gasteiger partial charge >= 0.3 is 18.0 Å². The lowest BCUT2D eigenvalue weighted by molar-refractivity contribution is -0.384. The number of benzene rings is 2. The van der Waals surface area contributed by atoms with Crippen LogP contribution in [0.4, 0.5) is 29.7 Å². The average Bonchev–Trinajstić information content (AvgIpc) is 3.00. The van der Waals surface area contributed by atoms with Crippen molar-refractivity contribution in [3.8, 4) is 0 Å².